The number of carbonyl (C=O) groups is 1. The molecule has 1 aliphatic rings. The average Bonchev–Trinajstić information content (AvgIpc) is 2.46. The second kappa shape index (κ2) is 7.13. The van der Waals surface area contributed by atoms with Crippen molar-refractivity contribution < 1.29 is 9.53 Å². The highest BCUT2D eigenvalue weighted by atomic mass is 16.6. The van der Waals surface area contributed by atoms with Crippen LogP contribution in [0.1, 0.15) is 39.0 Å². The highest BCUT2D eigenvalue weighted by Crippen LogP contribution is 2.29. The molecule has 0 bridgehead atoms. The Labute approximate surface area is 121 Å². The van der Waals surface area contributed by atoms with Gasteiger partial charge in [-0.2, -0.15) is 0 Å². The summed E-state index contributed by atoms with van der Waals surface area (Å²) in [6.07, 6.45) is 5.70. The van der Waals surface area contributed by atoms with E-state index < -0.39 is 6.09 Å². The van der Waals surface area contributed by atoms with E-state index in [1.807, 2.05) is 25.1 Å². The molecular weight excluding hydrogens is 250 g/mol. The summed E-state index contributed by atoms with van der Waals surface area (Å²) in [6.45, 7) is 5.99. The number of para-hydroxylation sites is 1. The van der Waals surface area contributed by atoms with Crippen LogP contribution >= 0.6 is 0 Å². The largest absolute Gasteiger partial charge is 0.413 e. The van der Waals surface area contributed by atoms with Crippen molar-refractivity contribution in [3.05, 3.63) is 42.5 Å². The number of hydrogen-bond acceptors (Lipinski definition) is 2. The lowest BCUT2D eigenvalue weighted by molar-refractivity contribution is 0.189. The fraction of sp³-hybridized carbons (Fsp3) is 0.471. The second-order valence-corrected chi connectivity index (χ2v) is 5.57. The van der Waals surface area contributed by atoms with Crippen molar-refractivity contribution in [3.8, 4) is 5.75 Å². The maximum Gasteiger partial charge on any atom is 0.413 e. The molecule has 3 heteroatoms. The van der Waals surface area contributed by atoms with Crippen LogP contribution in [0.25, 0.3) is 0 Å². The molecule has 1 aromatic carbocycles. The summed E-state index contributed by atoms with van der Waals surface area (Å²) in [5, 5.41) is 2.97. The molecule has 0 aromatic heterocycles. The van der Waals surface area contributed by atoms with E-state index in [0.29, 0.717) is 11.7 Å². The maximum absolute atomic E-state index is 12.0. The molecule has 1 fully saturated rings. The molecule has 1 aliphatic carbocycles. The molecular formula is C17H23NO2. The lowest BCUT2D eigenvalue weighted by Crippen LogP contribution is -2.43. The molecule has 1 saturated carbocycles. The number of nitrogens with one attached hydrogen (secondary N) is 1. The topological polar surface area (TPSA) is 38.3 Å². The molecule has 1 N–H and O–H groups in total. The first-order valence-corrected chi connectivity index (χ1v) is 7.35. The van der Waals surface area contributed by atoms with Gasteiger partial charge in [-0.3, -0.25) is 0 Å². The summed E-state index contributed by atoms with van der Waals surface area (Å²) in [5.41, 5.74) is 1.00. The van der Waals surface area contributed by atoms with E-state index in [1.54, 1.807) is 12.1 Å². The van der Waals surface area contributed by atoms with Crippen molar-refractivity contribution in [1.29, 1.82) is 0 Å². The van der Waals surface area contributed by atoms with E-state index in [4.69, 9.17) is 4.74 Å². The van der Waals surface area contributed by atoms with E-state index in [1.165, 1.54) is 19.3 Å². The fourth-order valence-corrected chi connectivity index (χ4v) is 2.86. The number of ether oxygens (including phenoxy) is 1. The van der Waals surface area contributed by atoms with Gasteiger partial charge in [0.1, 0.15) is 5.75 Å². The monoisotopic (exact) mass is 273 g/mol. The van der Waals surface area contributed by atoms with Crippen LogP contribution in [-0.2, 0) is 0 Å². The van der Waals surface area contributed by atoms with Crippen molar-refractivity contribution in [3.63, 3.8) is 0 Å². The van der Waals surface area contributed by atoms with Crippen LogP contribution < -0.4 is 10.1 Å². The Hall–Kier alpha value is -1.77. The lowest BCUT2D eigenvalue weighted by Gasteiger charge is -2.31. The summed E-state index contributed by atoms with van der Waals surface area (Å²) >= 11 is 0. The second-order valence-electron chi connectivity index (χ2n) is 5.57. The molecule has 0 radical (unpaired) electrons. The number of carbonyl (C=O) groups excluding carboxylic acids is 1. The first-order valence-electron chi connectivity index (χ1n) is 7.35. The third kappa shape index (κ3) is 4.12. The van der Waals surface area contributed by atoms with Crippen LogP contribution in [0.2, 0.25) is 0 Å². The molecule has 0 unspecified atom stereocenters. The van der Waals surface area contributed by atoms with E-state index in [-0.39, 0.29) is 6.04 Å². The number of rotatable bonds is 4. The Morgan fingerprint density at radius 3 is 2.50 bits per heavy atom. The maximum atomic E-state index is 12.0. The van der Waals surface area contributed by atoms with E-state index in [2.05, 4.69) is 11.9 Å². The lowest BCUT2D eigenvalue weighted by atomic mass is 9.81. The van der Waals surface area contributed by atoms with E-state index in [9.17, 15) is 4.79 Å². The van der Waals surface area contributed by atoms with Crippen LogP contribution in [0.3, 0.4) is 0 Å². The van der Waals surface area contributed by atoms with Gasteiger partial charge in [0, 0.05) is 0 Å². The van der Waals surface area contributed by atoms with Crippen LogP contribution in [0, 0.1) is 5.92 Å². The molecule has 1 amide bonds. The predicted octanol–water partition coefficient (Wildman–Crippen LogP) is 4.30. The number of benzene rings is 1. The first kappa shape index (κ1) is 14.6. The normalized spacial score (nSPS) is 17.2. The Morgan fingerprint density at radius 2 is 1.90 bits per heavy atom. The molecule has 0 aliphatic heterocycles. The third-order valence-electron chi connectivity index (χ3n) is 3.88. The minimum Gasteiger partial charge on any atom is -0.410 e. The molecule has 2 rings (SSSR count). The Kier molecular flexibility index (Phi) is 5.22. The highest BCUT2D eigenvalue weighted by molar-refractivity contribution is 5.71. The smallest absolute Gasteiger partial charge is 0.410 e. The molecule has 0 heterocycles. The Bertz CT molecular complexity index is 449. The molecule has 1 atom stereocenters. The molecule has 108 valence electrons. The van der Waals surface area contributed by atoms with Gasteiger partial charge in [0.15, 0.2) is 0 Å². The third-order valence-corrected chi connectivity index (χ3v) is 3.88. The van der Waals surface area contributed by atoms with Crippen molar-refractivity contribution in [2.45, 2.75) is 45.1 Å². The van der Waals surface area contributed by atoms with Crippen molar-refractivity contribution in [2.75, 3.05) is 0 Å². The number of amides is 1. The predicted molar refractivity (Wildman–Crippen MR) is 80.8 cm³/mol. The molecule has 20 heavy (non-hydrogen) atoms. The minimum absolute atomic E-state index is 0.0199. The SMILES string of the molecule is C=C(C)[C@@H](NC(=O)Oc1ccccc1)C1CCCCC1. The van der Waals surface area contributed by atoms with Crippen LogP contribution in [0.4, 0.5) is 4.79 Å². The standard InChI is InChI=1S/C17H23NO2/c1-13(2)16(14-9-5-3-6-10-14)18-17(19)20-15-11-7-4-8-12-15/h4,7-8,11-12,14,16H,1,3,5-6,9-10H2,2H3,(H,18,19)/t16-/m1/s1. The van der Waals surface area contributed by atoms with Crippen molar-refractivity contribution in [1.82, 2.24) is 5.32 Å². The average molecular weight is 273 g/mol. The summed E-state index contributed by atoms with van der Waals surface area (Å²) in [6, 6.07) is 9.15. The molecule has 1 aromatic rings. The van der Waals surface area contributed by atoms with Gasteiger partial charge < -0.3 is 10.1 Å². The van der Waals surface area contributed by atoms with Crippen molar-refractivity contribution in [2.24, 2.45) is 5.92 Å². The van der Waals surface area contributed by atoms with Gasteiger partial charge in [0.25, 0.3) is 0 Å². The van der Waals surface area contributed by atoms with Gasteiger partial charge in [0.2, 0.25) is 0 Å². The summed E-state index contributed by atoms with van der Waals surface area (Å²) in [4.78, 5) is 12.0. The van der Waals surface area contributed by atoms with Gasteiger partial charge in [-0.15, -0.1) is 0 Å². The van der Waals surface area contributed by atoms with Gasteiger partial charge >= 0.3 is 6.09 Å². The summed E-state index contributed by atoms with van der Waals surface area (Å²) in [5.74, 6) is 1.05. The summed E-state index contributed by atoms with van der Waals surface area (Å²) < 4.78 is 5.29. The Morgan fingerprint density at radius 1 is 1.25 bits per heavy atom. The minimum atomic E-state index is -0.394. The summed E-state index contributed by atoms with van der Waals surface area (Å²) in [7, 11) is 0. The van der Waals surface area contributed by atoms with Crippen LogP contribution in [0.15, 0.2) is 42.5 Å². The van der Waals surface area contributed by atoms with Gasteiger partial charge in [-0.25, -0.2) is 4.79 Å². The quantitative estimate of drug-likeness (QED) is 0.831. The van der Waals surface area contributed by atoms with E-state index in [0.717, 1.165) is 18.4 Å². The zero-order chi connectivity index (χ0) is 14.4. The molecule has 0 spiro atoms. The van der Waals surface area contributed by atoms with Gasteiger partial charge in [-0.05, 0) is 37.8 Å². The van der Waals surface area contributed by atoms with Crippen molar-refractivity contribution >= 4 is 6.09 Å². The van der Waals surface area contributed by atoms with Crippen LogP contribution in [-0.4, -0.2) is 12.1 Å². The zero-order valence-electron chi connectivity index (χ0n) is 12.1. The zero-order valence-corrected chi connectivity index (χ0v) is 12.1. The molecule has 0 saturated heterocycles. The molecule has 3 nitrogen and oxygen atoms in total. The van der Waals surface area contributed by atoms with Crippen LogP contribution in [0.5, 0.6) is 5.75 Å². The number of hydrogen-bond donors (Lipinski definition) is 1. The van der Waals surface area contributed by atoms with Gasteiger partial charge in [0.05, 0.1) is 6.04 Å². The fourth-order valence-electron chi connectivity index (χ4n) is 2.86. The van der Waals surface area contributed by atoms with Gasteiger partial charge in [-0.1, -0.05) is 49.6 Å². The van der Waals surface area contributed by atoms with E-state index >= 15 is 0 Å². The Balaban J connectivity index is 1.93. The first-order chi connectivity index (χ1) is 9.66. The highest BCUT2D eigenvalue weighted by Gasteiger charge is 2.26.